The zero-order valence-corrected chi connectivity index (χ0v) is 11.3. The number of aromatic nitrogens is 3. The molecule has 2 aromatic rings. The summed E-state index contributed by atoms with van der Waals surface area (Å²) in [5.41, 5.74) is 5.55. The molecule has 0 radical (unpaired) electrons. The van der Waals surface area contributed by atoms with Gasteiger partial charge >= 0.3 is 6.01 Å². The molecule has 88 valence electrons. The van der Waals surface area contributed by atoms with Crippen molar-refractivity contribution in [1.29, 1.82) is 0 Å². The van der Waals surface area contributed by atoms with Crippen LogP contribution < -0.4 is 10.5 Å². The van der Waals surface area contributed by atoms with Crippen molar-refractivity contribution < 1.29 is 4.74 Å². The van der Waals surface area contributed by atoms with Gasteiger partial charge < -0.3 is 10.5 Å². The summed E-state index contributed by atoms with van der Waals surface area (Å²) in [5, 5.41) is 0.507. The number of nitrogen functional groups attached to an aromatic ring is 1. The van der Waals surface area contributed by atoms with Crippen molar-refractivity contribution in [1.82, 2.24) is 15.0 Å². The van der Waals surface area contributed by atoms with Gasteiger partial charge in [-0.1, -0.05) is 22.0 Å². The van der Waals surface area contributed by atoms with Crippen molar-refractivity contribution in [2.24, 2.45) is 0 Å². The van der Waals surface area contributed by atoms with Crippen LogP contribution in [0.3, 0.4) is 0 Å². The van der Waals surface area contributed by atoms with E-state index in [4.69, 9.17) is 10.5 Å². The van der Waals surface area contributed by atoms with Crippen LogP contribution in [-0.2, 0) is 0 Å². The molecule has 0 unspecified atom stereocenters. The van der Waals surface area contributed by atoms with Crippen LogP contribution in [0.5, 0.6) is 6.01 Å². The Balaban J connectivity index is 2.26. The van der Waals surface area contributed by atoms with Gasteiger partial charge in [-0.25, -0.2) is 0 Å². The van der Waals surface area contributed by atoms with Crippen molar-refractivity contribution in [3.8, 4) is 6.01 Å². The third-order valence-electron chi connectivity index (χ3n) is 1.80. The maximum Gasteiger partial charge on any atom is 0.321 e. The highest BCUT2D eigenvalue weighted by Gasteiger charge is 2.06. The Hall–Kier alpha value is -1.34. The fourth-order valence-electron chi connectivity index (χ4n) is 1.13. The normalized spacial score (nSPS) is 10.2. The lowest BCUT2D eigenvalue weighted by atomic mass is 10.4. The first-order valence-electron chi connectivity index (χ1n) is 4.66. The molecule has 0 fully saturated rings. The summed E-state index contributed by atoms with van der Waals surface area (Å²) in [6.45, 7) is 0. The molecule has 1 aromatic carbocycles. The van der Waals surface area contributed by atoms with E-state index < -0.39 is 0 Å². The van der Waals surface area contributed by atoms with Crippen LogP contribution in [0.2, 0.25) is 0 Å². The Morgan fingerprint density at radius 3 is 2.82 bits per heavy atom. The first-order valence-corrected chi connectivity index (χ1v) is 6.27. The molecule has 0 bridgehead atoms. The van der Waals surface area contributed by atoms with E-state index in [1.54, 1.807) is 0 Å². The van der Waals surface area contributed by atoms with Crippen LogP contribution in [0.15, 0.2) is 38.8 Å². The molecule has 7 heteroatoms. The molecule has 0 aliphatic rings. The second kappa shape index (κ2) is 5.33. The summed E-state index contributed by atoms with van der Waals surface area (Å²) in [4.78, 5) is 13.0. The molecule has 17 heavy (non-hydrogen) atoms. The van der Waals surface area contributed by atoms with Crippen molar-refractivity contribution in [3.05, 3.63) is 28.7 Å². The van der Waals surface area contributed by atoms with Gasteiger partial charge in [-0.2, -0.15) is 15.0 Å². The van der Waals surface area contributed by atoms with Gasteiger partial charge in [-0.15, -0.1) is 0 Å². The summed E-state index contributed by atoms with van der Waals surface area (Å²) in [7, 11) is 1.49. The number of nitrogens with zero attached hydrogens (tertiary/aromatic N) is 3. The Bertz CT molecular complexity index is 537. The van der Waals surface area contributed by atoms with E-state index >= 15 is 0 Å². The van der Waals surface area contributed by atoms with E-state index in [0.717, 1.165) is 9.37 Å². The molecule has 1 heterocycles. The Kier molecular flexibility index (Phi) is 3.80. The number of hydrogen-bond donors (Lipinski definition) is 1. The van der Waals surface area contributed by atoms with Crippen LogP contribution in [0, 0.1) is 0 Å². The number of rotatable bonds is 3. The predicted molar refractivity (Wildman–Crippen MR) is 69.1 cm³/mol. The lowest BCUT2D eigenvalue weighted by Gasteiger charge is -2.03. The van der Waals surface area contributed by atoms with Gasteiger partial charge in [0.25, 0.3) is 0 Å². The SMILES string of the molecule is COc1nc(N)nc(Sc2cccc(Br)c2)n1. The van der Waals surface area contributed by atoms with Crippen molar-refractivity contribution in [2.45, 2.75) is 10.1 Å². The highest BCUT2D eigenvalue weighted by atomic mass is 79.9. The van der Waals surface area contributed by atoms with Crippen LogP contribution in [0.4, 0.5) is 5.95 Å². The summed E-state index contributed by atoms with van der Waals surface area (Å²) in [6.07, 6.45) is 0. The molecule has 2 rings (SSSR count). The van der Waals surface area contributed by atoms with E-state index in [1.165, 1.54) is 18.9 Å². The highest BCUT2D eigenvalue weighted by Crippen LogP contribution is 2.27. The fourth-order valence-corrected chi connectivity index (χ4v) is 2.48. The van der Waals surface area contributed by atoms with Gasteiger partial charge in [0.15, 0.2) is 0 Å². The summed E-state index contributed by atoms with van der Waals surface area (Å²) in [6, 6.07) is 8.04. The third-order valence-corrected chi connectivity index (χ3v) is 3.15. The first-order chi connectivity index (χ1) is 8.17. The van der Waals surface area contributed by atoms with Crippen molar-refractivity contribution in [2.75, 3.05) is 12.8 Å². The first kappa shape index (κ1) is 12.1. The van der Waals surface area contributed by atoms with Gasteiger partial charge in [0, 0.05) is 9.37 Å². The van der Waals surface area contributed by atoms with Crippen molar-refractivity contribution in [3.63, 3.8) is 0 Å². The minimum absolute atomic E-state index is 0.148. The van der Waals surface area contributed by atoms with E-state index in [2.05, 4.69) is 30.9 Å². The van der Waals surface area contributed by atoms with Crippen LogP contribution in [0.25, 0.3) is 0 Å². The van der Waals surface area contributed by atoms with Crippen molar-refractivity contribution >= 4 is 33.6 Å². The maximum atomic E-state index is 5.55. The second-order valence-electron chi connectivity index (χ2n) is 3.02. The molecule has 0 spiro atoms. The molecule has 0 aliphatic heterocycles. The Morgan fingerprint density at radius 1 is 1.29 bits per heavy atom. The standard InChI is InChI=1S/C10H9BrN4OS/c1-16-9-13-8(12)14-10(15-9)17-7-4-2-3-6(11)5-7/h2-5H,1H3,(H2,12,13,14,15). The Labute approximate surface area is 111 Å². The maximum absolute atomic E-state index is 5.55. The molecule has 2 N–H and O–H groups in total. The second-order valence-corrected chi connectivity index (χ2v) is 4.98. The summed E-state index contributed by atoms with van der Waals surface area (Å²) in [5.74, 6) is 0.148. The van der Waals surface area contributed by atoms with Crippen LogP contribution >= 0.6 is 27.7 Å². The average molecular weight is 313 g/mol. The monoisotopic (exact) mass is 312 g/mol. The topological polar surface area (TPSA) is 73.9 Å². The van der Waals surface area contributed by atoms with Gasteiger partial charge in [0.2, 0.25) is 11.1 Å². The quantitative estimate of drug-likeness (QED) is 0.938. The minimum Gasteiger partial charge on any atom is -0.467 e. The molecule has 0 saturated carbocycles. The lowest BCUT2D eigenvalue weighted by molar-refractivity contribution is 0.374. The number of anilines is 1. The number of methoxy groups -OCH3 is 1. The molecular formula is C10H9BrN4OS. The zero-order valence-electron chi connectivity index (χ0n) is 8.92. The minimum atomic E-state index is 0.148. The highest BCUT2D eigenvalue weighted by molar-refractivity contribution is 9.10. The van der Waals surface area contributed by atoms with E-state index in [1.807, 2.05) is 24.3 Å². The van der Waals surface area contributed by atoms with E-state index in [0.29, 0.717) is 5.16 Å². The fraction of sp³-hybridized carbons (Fsp3) is 0.100. The largest absolute Gasteiger partial charge is 0.467 e. The third kappa shape index (κ3) is 3.31. The number of halogens is 1. The molecule has 0 saturated heterocycles. The van der Waals surface area contributed by atoms with E-state index in [9.17, 15) is 0 Å². The number of nitrogens with two attached hydrogens (primary N) is 1. The molecule has 0 amide bonds. The number of hydrogen-bond acceptors (Lipinski definition) is 6. The van der Waals surface area contributed by atoms with Gasteiger partial charge in [-0.05, 0) is 30.0 Å². The van der Waals surface area contributed by atoms with Gasteiger partial charge in [-0.3, -0.25) is 0 Å². The zero-order chi connectivity index (χ0) is 12.3. The average Bonchev–Trinajstić information content (AvgIpc) is 2.28. The van der Waals surface area contributed by atoms with Crippen LogP contribution in [0.1, 0.15) is 0 Å². The smallest absolute Gasteiger partial charge is 0.321 e. The van der Waals surface area contributed by atoms with Gasteiger partial charge in [0.05, 0.1) is 7.11 Å². The molecule has 5 nitrogen and oxygen atoms in total. The molecule has 1 aromatic heterocycles. The number of ether oxygens (including phenoxy) is 1. The molecule has 0 atom stereocenters. The predicted octanol–water partition coefficient (Wildman–Crippen LogP) is 2.38. The Morgan fingerprint density at radius 2 is 2.12 bits per heavy atom. The van der Waals surface area contributed by atoms with E-state index in [-0.39, 0.29) is 12.0 Å². The van der Waals surface area contributed by atoms with Crippen LogP contribution in [-0.4, -0.2) is 22.1 Å². The summed E-state index contributed by atoms with van der Waals surface area (Å²) >= 11 is 4.80. The van der Waals surface area contributed by atoms with Gasteiger partial charge in [0.1, 0.15) is 0 Å². The molecular weight excluding hydrogens is 304 g/mol. The summed E-state index contributed by atoms with van der Waals surface area (Å²) < 4.78 is 5.93. The molecule has 0 aliphatic carbocycles. The lowest BCUT2D eigenvalue weighted by Crippen LogP contribution is -2.01. The number of benzene rings is 1.